The van der Waals surface area contributed by atoms with Gasteiger partial charge in [0.05, 0.1) is 6.10 Å². The Morgan fingerprint density at radius 3 is 2.53 bits per heavy atom. The first-order valence-corrected chi connectivity index (χ1v) is 6.23. The van der Waals surface area contributed by atoms with Crippen molar-refractivity contribution in [3.63, 3.8) is 0 Å². The summed E-state index contributed by atoms with van der Waals surface area (Å²) in [5.41, 5.74) is 0. The molecule has 6 heteroatoms. The van der Waals surface area contributed by atoms with Crippen LogP contribution in [-0.2, 0) is 0 Å². The number of aromatic nitrogens is 3. The van der Waals surface area contributed by atoms with E-state index in [4.69, 9.17) is 16.3 Å². The molecule has 1 aromatic rings. The summed E-state index contributed by atoms with van der Waals surface area (Å²) in [6.45, 7) is 8.02. The molecule has 0 bridgehead atoms. The van der Waals surface area contributed by atoms with Crippen LogP contribution >= 0.6 is 11.6 Å². The minimum atomic E-state index is 0.00869. The number of rotatable bonds is 6. The Hall–Kier alpha value is -1.10. The highest BCUT2D eigenvalue weighted by Gasteiger charge is 2.09. The van der Waals surface area contributed by atoms with Crippen molar-refractivity contribution < 1.29 is 4.74 Å². The molecule has 0 aliphatic heterocycles. The first-order chi connectivity index (χ1) is 8.01. The van der Waals surface area contributed by atoms with Crippen LogP contribution < -0.4 is 10.1 Å². The second-order valence-electron chi connectivity index (χ2n) is 4.21. The van der Waals surface area contributed by atoms with Gasteiger partial charge in [0.25, 0.3) is 0 Å². The first-order valence-electron chi connectivity index (χ1n) is 5.86. The summed E-state index contributed by atoms with van der Waals surface area (Å²) >= 11 is 5.81. The zero-order valence-corrected chi connectivity index (χ0v) is 11.5. The van der Waals surface area contributed by atoms with Crippen molar-refractivity contribution in [2.45, 2.75) is 52.7 Å². The quantitative estimate of drug-likeness (QED) is 0.850. The Morgan fingerprint density at radius 2 is 1.94 bits per heavy atom. The highest BCUT2D eigenvalue weighted by Crippen LogP contribution is 2.14. The van der Waals surface area contributed by atoms with Crippen molar-refractivity contribution in [1.82, 2.24) is 15.0 Å². The second kappa shape index (κ2) is 6.59. The normalized spacial score (nSPS) is 12.6. The smallest absolute Gasteiger partial charge is 0.322 e. The Morgan fingerprint density at radius 1 is 1.24 bits per heavy atom. The van der Waals surface area contributed by atoms with E-state index in [2.05, 4.69) is 34.1 Å². The summed E-state index contributed by atoms with van der Waals surface area (Å²) in [6, 6.07) is 0.552. The molecule has 0 aliphatic carbocycles. The third-order valence-corrected chi connectivity index (χ3v) is 2.19. The Labute approximate surface area is 107 Å². The topological polar surface area (TPSA) is 59.9 Å². The number of ether oxygens (including phenoxy) is 1. The summed E-state index contributed by atoms with van der Waals surface area (Å²) < 4.78 is 5.39. The molecule has 0 spiro atoms. The average molecular weight is 259 g/mol. The minimum Gasteiger partial charge on any atom is -0.461 e. The Balaban J connectivity index is 2.74. The lowest BCUT2D eigenvalue weighted by Crippen LogP contribution is -2.18. The molecule has 1 rings (SSSR count). The molecular formula is C11H19ClN4O. The van der Waals surface area contributed by atoms with Gasteiger partial charge in [-0.15, -0.1) is 0 Å². The molecule has 0 aliphatic rings. The van der Waals surface area contributed by atoms with Gasteiger partial charge in [-0.3, -0.25) is 0 Å². The van der Waals surface area contributed by atoms with Crippen LogP contribution in [0.2, 0.25) is 5.28 Å². The molecule has 96 valence electrons. The van der Waals surface area contributed by atoms with Crippen LogP contribution in [0.15, 0.2) is 0 Å². The van der Waals surface area contributed by atoms with Crippen LogP contribution in [0.3, 0.4) is 0 Å². The van der Waals surface area contributed by atoms with E-state index >= 15 is 0 Å². The van der Waals surface area contributed by atoms with Crippen molar-refractivity contribution in [3.8, 4) is 6.01 Å². The zero-order chi connectivity index (χ0) is 12.8. The van der Waals surface area contributed by atoms with Gasteiger partial charge in [0, 0.05) is 6.04 Å². The molecule has 1 N–H and O–H groups in total. The number of hydrogen-bond donors (Lipinski definition) is 1. The molecule has 0 radical (unpaired) electrons. The molecule has 1 atom stereocenters. The highest BCUT2D eigenvalue weighted by molar-refractivity contribution is 6.28. The van der Waals surface area contributed by atoms with Crippen molar-refractivity contribution in [2.75, 3.05) is 5.32 Å². The first kappa shape index (κ1) is 14.0. The lowest BCUT2D eigenvalue weighted by atomic mass is 10.2. The predicted molar refractivity (Wildman–Crippen MR) is 68.6 cm³/mol. The van der Waals surface area contributed by atoms with Crippen molar-refractivity contribution in [1.29, 1.82) is 0 Å². The molecule has 0 saturated heterocycles. The molecular weight excluding hydrogens is 240 g/mol. The molecule has 5 nitrogen and oxygen atoms in total. The van der Waals surface area contributed by atoms with E-state index < -0.39 is 0 Å². The standard InChI is InChI=1S/C11H19ClN4O/c1-5-6-8(4)13-10-14-9(12)15-11(16-10)17-7(2)3/h7-8H,5-6H2,1-4H3,(H,13,14,15,16). The van der Waals surface area contributed by atoms with Gasteiger partial charge in [0.1, 0.15) is 0 Å². The van der Waals surface area contributed by atoms with Crippen molar-refractivity contribution in [3.05, 3.63) is 5.28 Å². The van der Waals surface area contributed by atoms with Gasteiger partial charge < -0.3 is 10.1 Å². The van der Waals surface area contributed by atoms with E-state index in [-0.39, 0.29) is 17.4 Å². The summed E-state index contributed by atoms with van der Waals surface area (Å²) in [4.78, 5) is 12.1. The molecule has 0 saturated carbocycles. The van der Waals surface area contributed by atoms with Gasteiger partial charge in [-0.25, -0.2) is 0 Å². The number of anilines is 1. The molecule has 1 heterocycles. The molecule has 0 aromatic carbocycles. The highest BCUT2D eigenvalue weighted by atomic mass is 35.5. The lowest BCUT2D eigenvalue weighted by molar-refractivity contribution is 0.222. The van der Waals surface area contributed by atoms with Crippen LogP contribution in [0.5, 0.6) is 6.01 Å². The van der Waals surface area contributed by atoms with Crippen LogP contribution in [0.25, 0.3) is 0 Å². The van der Waals surface area contributed by atoms with E-state index in [1.165, 1.54) is 0 Å². The fourth-order valence-corrected chi connectivity index (χ4v) is 1.54. The zero-order valence-electron chi connectivity index (χ0n) is 10.7. The molecule has 0 fully saturated rings. The van der Waals surface area contributed by atoms with Gasteiger partial charge in [0.2, 0.25) is 11.2 Å². The SMILES string of the molecule is CCCC(C)Nc1nc(Cl)nc(OC(C)C)n1. The fourth-order valence-electron chi connectivity index (χ4n) is 1.39. The summed E-state index contributed by atoms with van der Waals surface area (Å²) in [5, 5.41) is 3.31. The number of hydrogen-bond acceptors (Lipinski definition) is 5. The monoisotopic (exact) mass is 258 g/mol. The molecule has 1 aromatic heterocycles. The average Bonchev–Trinajstić information content (AvgIpc) is 2.14. The van der Waals surface area contributed by atoms with E-state index in [1.807, 2.05) is 13.8 Å². The Kier molecular flexibility index (Phi) is 5.41. The maximum Gasteiger partial charge on any atom is 0.322 e. The second-order valence-corrected chi connectivity index (χ2v) is 4.55. The van der Waals surface area contributed by atoms with Crippen molar-refractivity contribution in [2.24, 2.45) is 0 Å². The number of halogens is 1. The maximum absolute atomic E-state index is 5.81. The maximum atomic E-state index is 5.81. The number of nitrogens with one attached hydrogen (secondary N) is 1. The van der Waals surface area contributed by atoms with E-state index in [0.29, 0.717) is 12.0 Å². The van der Waals surface area contributed by atoms with Gasteiger partial charge >= 0.3 is 6.01 Å². The van der Waals surface area contributed by atoms with Crippen LogP contribution in [0.4, 0.5) is 5.95 Å². The van der Waals surface area contributed by atoms with Gasteiger partial charge in [-0.2, -0.15) is 15.0 Å². The third-order valence-electron chi connectivity index (χ3n) is 2.03. The number of nitrogens with zero attached hydrogens (tertiary/aromatic N) is 3. The van der Waals surface area contributed by atoms with Crippen molar-refractivity contribution >= 4 is 17.5 Å². The Bertz CT molecular complexity index is 359. The molecule has 17 heavy (non-hydrogen) atoms. The van der Waals surface area contributed by atoms with Crippen LogP contribution in [-0.4, -0.2) is 27.1 Å². The van der Waals surface area contributed by atoms with E-state index in [9.17, 15) is 0 Å². The summed E-state index contributed by atoms with van der Waals surface area (Å²) in [7, 11) is 0. The van der Waals surface area contributed by atoms with Crippen LogP contribution in [0, 0.1) is 0 Å². The van der Waals surface area contributed by atoms with Crippen LogP contribution in [0.1, 0.15) is 40.5 Å². The van der Waals surface area contributed by atoms with Gasteiger partial charge in [0.15, 0.2) is 0 Å². The third kappa shape index (κ3) is 5.17. The minimum absolute atomic E-state index is 0.00869. The predicted octanol–water partition coefficient (Wildman–Crippen LogP) is 2.91. The summed E-state index contributed by atoms with van der Waals surface area (Å²) in [6.07, 6.45) is 2.15. The van der Waals surface area contributed by atoms with E-state index in [0.717, 1.165) is 12.8 Å². The molecule has 1 unspecified atom stereocenters. The molecule has 0 amide bonds. The fraction of sp³-hybridized carbons (Fsp3) is 0.727. The summed E-state index contributed by atoms with van der Waals surface area (Å²) in [5.74, 6) is 0.460. The van der Waals surface area contributed by atoms with E-state index in [1.54, 1.807) is 0 Å². The largest absolute Gasteiger partial charge is 0.461 e. The lowest BCUT2D eigenvalue weighted by Gasteiger charge is -2.13. The van der Waals surface area contributed by atoms with Gasteiger partial charge in [-0.1, -0.05) is 13.3 Å². The van der Waals surface area contributed by atoms with Gasteiger partial charge in [-0.05, 0) is 38.8 Å².